The van der Waals surface area contributed by atoms with E-state index in [-0.39, 0.29) is 16.9 Å². The summed E-state index contributed by atoms with van der Waals surface area (Å²) in [4.78, 5) is 28.3. The molecule has 0 aliphatic carbocycles. The van der Waals surface area contributed by atoms with Crippen molar-refractivity contribution in [2.75, 3.05) is 18.4 Å². The highest BCUT2D eigenvalue weighted by Crippen LogP contribution is 2.27. The molecule has 2 aromatic rings. The summed E-state index contributed by atoms with van der Waals surface area (Å²) in [5.74, 6) is 0.642. The van der Waals surface area contributed by atoms with E-state index >= 15 is 0 Å². The third kappa shape index (κ3) is 5.65. The first kappa shape index (κ1) is 23.3. The number of hydrogen-bond donors (Lipinski definition) is 1. The summed E-state index contributed by atoms with van der Waals surface area (Å²) < 4.78 is 5.74. The summed E-state index contributed by atoms with van der Waals surface area (Å²) in [6.45, 7) is 11.2. The third-order valence-electron chi connectivity index (χ3n) is 6.06. The molecule has 1 aliphatic rings. The van der Waals surface area contributed by atoms with Gasteiger partial charge in [-0.15, -0.1) is 0 Å². The summed E-state index contributed by atoms with van der Waals surface area (Å²) in [5, 5.41) is 3.07. The molecule has 5 nitrogen and oxygen atoms in total. The summed E-state index contributed by atoms with van der Waals surface area (Å²) in [6, 6.07) is 5.83. The molecule has 1 aliphatic heterocycles. The molecule has 1 saturated heterocycles. The van der Waals surface area contributed by atoms with Gasteiger partial charge in [0.2, 0.25) is 0 Å². The van der Waals surface area contributed by atoms with Gasteiger partial charge in [0.15, 0.2) is 5.43 Å². The van der Waals surface area contributed by atoms with E-state index in [1.54, 1.807) is 6.92 Å². The average Bonchev–Trinajstić information content (AvgIpc) is 2.74. The van der Waals surface area contributed by atoms with Crippen molar-refractivity contribution >= 4 is 11.6 Å². The molecule has 2 heterocycles. The minimum Gasteiger partial charge on any atom is -0.465 e. The van der Waals surface area contributed by atoms with Crippen LogP contribution in [0.5, 0.6) is 0 Å². The van der Waals surface area contributed by atoms with Gasteiger partial charge in [-0.05, 0) is 68.8 Å². The average molecular weight is 425 g/mol. The lowest BCUT2D eigenvalue weighted by Crippen LogP contribution is -2.29. The second-order valence-corrected chi connectivity index (χ2v) is 8.56. The Labute approximate surface area is 185 Å². The van der Waals surface area contributed by atoms with Crippen molar-refractivity contribution in [2.24, 2.45) is 0 Å². The number of carbonyl (C=O) groups is 1. The first-order valence-corrected chi connectivity index (χ1v) is 11.8. The van der Waals surface area contributed by atoms with Crippen LogP contribution in [0.4, 0.5) is 5.69 Å². The van der Waals surface area contributed by atoms with Crippen LogP contribution in [0.25, 0.3) is 0 Å². The van der Waals surface area contributed by atoms with Gasteiger partial charge in [0.1, 0.15) is 17.1 Å². The zero-order valence-corrected chi connectivity index (χ0v) is 19.5. The molecule has 1 aromatic carbocycles. The Morgan fingerprint density at radius 1 is 1.03 bits per heavy atom. The highest BCUT2D eigenvalue weighted by atomic mass is 16.3. The largest absolute Gasteiger partial charge is 0.465 e. The van der Waals surface area contributed by atoms with Crippen LogP contribution in [-0.4, -0.2) is 23.9 Å². The molecule has 0 spiro atoms. The van der Waals surface area contributed by atoms with Gasteiger partial charge >= 0.3 is 0 Å². The molecule has 3 rings (SSSR count). The van der Waals surface area contributed by atoms with Crippen LogP contribution >= 0.6 is 0 Å². The fraction of sp³-hybridized carbons (Fsp3) is 0.538. The van der Waals surface area contributed by atoms with Gasteiger partial charge in [-0.25, -0.2) is 0 Å². The molecule has 0 saturated carbocycles. The number of anilines is 1. The number of piperidine rings is 1. The number of nitrogens with zero attached hydrogens (tertiary/aromatic N) is 1. The minimum absolute atomic E-state index is 0.133. The summed E-state index contributed by atoms with van der Waals surface area (Å²) in [5.41, 5.74) is 4.24. The predicted octanol–water partition coefficient (Wildman–Crippen LogP) is 5.26. The lowest BCUT2D eigenvalue weighted by Gasteiger charge is -2.27. The normalized spacial score (nSPS) is 14.6. The zero-order chi connectivity index (χ0) is 22.4. The van der Waals surface area contributed by atoms with Gasteiger partial charge in [0.25, 0.3) is 5.91 Å². The Hall–Kier alpha value is -2.40. The van der Waals surface area contributed by atoms with Crippen molar-refractivity contribution in [3.63, 3.8) is 0 Å². The van der Waals surface area contributed by atoms with Gasteiger partial charge in [-0.1, -0.05) is 39.3 Å². The topological polar surface area (TPSA) is 62.6 Å². The van der Waals surface area contributed by atoms with Crippen LogP contribution < -0.4 is 10.7 Å². The Kier molecular flexibility index (Phi) is 8.08. The fourth-order valence-corrected chi connectivity index (χ4v) is 4.51. The number of aryl methyl sites for hydroxylation is 4. The van der Waals surface area contributed by atoms with Crippen LogP contribution in [0.1, 0.15) is 85.0 Å². The van der Waals surface area contributed by atoms with Crippen molar-refractivity contribution in [2.45, 2.75) is 79.2 Å². The molecule has 1 N–H and O–H groups in total. The SMILES string of the molecule is CCCc1oc(C)cc(=O)c1C(=O)Nc1c(CC)cc(CN2CCCCC2)cc1CC. The molecule has 0 unspecified atom stereocenters. The monoisotopic (exact) mass is 424 g/mol. The van der Waals surface area contributed by atoms with E-state index in [2.05, 4.69) is 36.2 Å². The maximum absolute atomic E-state index is 13.2. The standard InChI is InChI=1S/C26H36N2O3/c1-5-11-23-24(22(29)14-18(4)31-23)26(30)27-25-20(6-2)15-19(16-21(25)7-3)17-28-12-9-8-10-13-28/h14-16H,5-13,17H2,1-4H3,(H,27,30). The van der Waals surface area contributed by atoms with Gasteiger partial charge in [0.05, 0.1) is 0 Å². The van der Waals surface area contributed by atoms with Crippen molar-refractivity contribution in [1.82, 2.24) is 4.90 Å². The lowest BCUT2D eigenvalue weighted by atomic mass is 9.97. The molecule has 0 atom stereocenters. The second-order valence-electron chi connectivity index (χ2n) is 8.56. The fourth-order valence-electron chi connectivity index (χ4n) is 4.51. The van der Waals surface area contributed by atoms with E-state index in [1.807, 2.05) is 6.92 Å². The number of benzene rings is 1. The van der Waals surface area contributed by atoms with Crippen molar-refractivity contribution in [3.8, 4) is 0 Å². The van der Waals surface area contributed by atoms with Crippen LogP contribution in [0, 0.1) is 6.92 Å². The van der Waals surface area contributed by atoms with E-state index in [4.69, 9.17) is 4.42 Å². The quantitative estimate of drug-likeness (QED) is 0.627. The number of rotatable bonds is 8. The van der Waals surface area contributed by atoms with Crippen molar-refractivity contribution in [1.29, 1.82) is 0 Å². The van der Waals surface area contributed by atoms with Crippen LogP contribution in [0.2, 0.25) is 0 Å². The van der Waals surface area contributed by atoms with Gasteiger partial charge in [-0.2, -0.15) is 0 Å². The smallest absolute Gasteiger partial charge is 0.263 e. The number of nitrogens with one attached hydrogen (secondary N) is 1. The van der Waals surface area contributed by atoms with E-state index in [9.17, 15) is 9.59 Å². The first-order chi connectivity index (χ1) is 15.0. The second kappa shape index (κ2) is 10.8. The summed E-state index contributed by atoms with van der Waals surface area (Å²) >= 11 is 0. The molecular formula is C26H36N2O3. The van der Waals surface area contributed by atoms with Crippen molar-refractivity contribution < 1.29 is 9.21 Å². The number of likely N-dealkylation sites (tertiary alicyclic amines) is 1. The van der Waals surface area contributed by atoms with Crippen molar-refractivity contribution in [3.05, 3.63) is 62.2 Å². The van der Waals surface area contributed by atoms with E-state index in [1.165, 1.54) is 30.9 Å². The summed E-state index contributed by atoms with van der Waals surface area (Å²) in [6.07, 6.45) is 6.88. The van der Waals surface area contributed by atoms with E-state index < -0.39 is 0 Å². The zero-order valence-electron chi connectivity index (χ0n) is 19.5. The van der Waals surface area contributed by atoms with Gasteiger partial charge in [-0.3, -0.25) is 14.5 Å². The van der Waals surface area contributed by atoms with Crippen LogP contribution in [0.15, 0.2) is 27.4 Å². The van der Waals surface area contributed by atoms with E-state index in [0.717, 1.165) is 55.7 Å². The molecule has 1 fully saturated rings. The molecule has 0 radical (unpaired) electrons. The Bertz CT molecular complexity index is 946. The van der Waals surface area contributed by atoms with Crippen LogP contribution in [-0.2, 0) is 25.8 Å². The van der Waals surface area contributed by atoms with Gasteiger partial charge in [0, 0.05) is 24.7 Å². The Morgan fingerprint density at radius 3 is 2.26 bits per heavy atom. The number of hydrogen-bond acceptors (Lipinski definition) is 4. The van der Waals surface area contributed by atoms with Gasteiger partial charge < -0.3 is 9.73 Å². The summed E-state index contributed by atoms with van der Waals surface area (Å²) in [7, 11) is 0. The highest BCUT2D eigenvalue weighted by Gasteiger charge is 2.21. The van der Waals surface area contributed by atoms with E-state index in [0.29, 0.717) is 17.9 Å². The lowest BCUT2D eigenvalue weighted by molar-refractivity contribution is 0.102. The molecule has 1 aromatic heterocycles. The first-order valence-electron chi connectivity index (χ1n) is 11.8. The Morgan fingerprint density at radius 2 is 1.68 bits per heavy atom. The number of carbonyl (C=O) groups excluding carboxylic acids is 1. The molecular weight excluding hydrogens is 388 g/mol. The molecule has 0 bridgehead atoms. The molecule has 31 heavy (non-hydrogen) atoms. The molecule has 168 valence electrons. The van der Waals surface area contributed by atoms with Crippen LogP contribution in [0.3, 0.4) is 0 Å². The molecule has 1 amide bonds. The number of amides is 1. The minimum atomic E-state index is -0.370. The maximum atomic E-state index is 13.2. The maximum Gasteiger partial charge on any atom is 0.263 e. The predicted molar refractivity (Wildman–Crippen MR) is 126 cm³/mol. The molecule has 5 heteroatoms. The third-order valence-corrected chi connectivity index (χ3v) is 6.06. The Balaban J connectivity index is 1.92. The highest BCUT2D eigenvalue weighted by molar-refractivity contribution is 6.05.